The maximum Gasteiger partial charge on any atom is 0.410 e. The largest absolute Gasteiger partial charge is 0.445 e. The highest BCUT2D eigenvalue weighted by atomic mass is 79.9. The molecule has 3 atom stereocenters. The molecule has 0 aromatic heterocycles. The summed E-state index contributed by atoms with van der Waals surface area (Å²) in [5.41, 5.74) is 0.0662. The number of carbonyl (C=O) groups is 1. The van der Waals surface area contributed by atoms with Gasteiger partial charge in [0.1, 0.15) is 6.10 Å². The number of nitrogens with zero attached hydrogens (tertiary/aromatic N) is 1. The van der Waals surface area contributed by atoms with Crippen LogP contribution in [0.2, 0.25) is 0 Å². The third-order valence-electron chi connectivity index (χ3n) is 4.28. The Hall–Kier alpha value is -0.250. The third-order valence-corrected chi connectivity index (χ3v) is 5.19. The fraction of sp³-hybridized carbons (Fsp3) is 0.909. The van der Waals surface area contributed by atoms with E-state index in [0.717, 1.165) is 25.7 Å². The molecular weight excluding hydrogens is 258 g/mol. The molecule has 3 nitrogen and oxygen atoms in total. The van der Waals surface area contributed by atoms with E-state index in [9.17, 15) is 4.79 Å². The predicted molar refractivity (Wildman–Crippen MR) is 60.1 cm³/mol. The topological polar surface area (TPSA) is 29.5 Å². The molecule has 0 aromatic rings. The second-order valence-corrected chi connectivity index (χ2v) is 6.89. The molecule has 2 heterocycles. The maximum absolute atomic E-state index is 12.0. The van der Waals surface area contributed by atoms with Crippen LogP contribution in [0.1, 0.15) is 39.5 Å². The number of hydrogen-bond donors (Lipinski definition) is 0. The van der Waals surface area contributed by atoms with Crippen molar-refractivity contribution in [3.63, 3.8) is 0 Å². The molecule has 1 amide bonds. The summed E-state index contributed by atoms with van der Waals surface area (Å²) in [7, 11) is 0. The minimum absolute atomic E-state index is 0.0287. The van der Waals surface area contributed by atoms with Crippen LogP contribution in [0.3, 0.4) is 0 Å². The fourth-order valence-corrected chi connectivity index (χ4v) is 4.51. The van der Waals surface area contributed by atoms with Crippen molar-refractivity contribution >= 4 is 22.0 Å². The van der Waals surface area contributed by atoms with Gasteiger partial charge in [-0.05, 0) is 33.1 Å². The Balaban J connectivity index is 2.04. The van der Waals surface area contributed by atoms with Crippen LogP contribution in [-0.4, -0.2) is 33.0 Å². The standard InChI is InChI=1S/C11H16BrNO2/c1-10(2)3-4-11-5-7(12)8(6-11)15-9(14)13(10)11/h7-8H,3-6H2,1-2H3/t7-,8-,11-/m0/s1. The highest BCUT2D eigenvalue weighted by molar-refractivity contribution is 9.09. The molecule has 1 saturated carbocycles. The molecule has 4 heteroatoms. The van der Waals surface area contributed by atoms with Crippen molar-refractivity contribution in [3.05, 3.63) is 0 Å². The molecule has 2 bridgehead atoms. The smallest absolute Gasteiger partial charge is 0.410 e. The fourth-order valence-electron chi connectivity index (χ4n) is 3.61. The second-order valence-electron chi connectivity index (χ2n) is 5.72. The first-order chi connectivity index (χ1) is 6.95. The molecule has 0 aromatic carbocycles. The van der Waals surface area contributed by atoms with Crippen molar-refractivity contribution in [1.29, 1.82) is 0 Å². The van der Waals surface area contributed by atoms with Gasteiger partial charge in [-0.3, -0.25) is 4.90 Å². The van der Waals surface area contributed by atoms with Gasteiger partial charge in [0.05, 0.1) is 10.4 Å². The predicted octanol–water partition coefficient (Wildman–Crippen LogP) is 2.68. The third kappa shape index (κ3) is 1.14. The first-order valence-corrected chi connectivity index (χ1v) is 6.51. The second kappa shape index (κ2) is 2.70. The highest BCUT2D eigenvalue weighted by Crippen LogP contribution is 2.55. The van der Waals surface area contributed by atoms with Gasteiger partial charge in [-0.25, -0.2) is 4.79 Å². The number of hydrogen-bond acceptors (Lipinski definition) is 2. The van der Waals surface area contributed by atoms with Crippen LogP contribution in [0.5, 0.6) is 0 Å². The van der Waals surface area contributed by atoms with Crippen LogP contribution in [0.4, 0.5) is 4.79 Å². The van der Waals surface area contributed by atoms with Gasteiger partial charge in [0, 0.05) is 12.0 Å². The molecule has 2 aliphatic heterocycles. The summed E-state index contributed by atoms with van der Waals surface area (Å²) in [6.45, 7) is 4.29. The number of rotatable bonds is 0. The van der Waals surface area contributed by atoms with Gasteiger partial charge >= 0.3 is 6.09 Å². The highest BCUT2D eigenvalue weighted by Gasteiger charge is 2.62. The molecule has 3 rings (SSSR count). The van der Waals surface area contributed by atoms with E-state index in [0.29, 0.717) is 4.83 Å². The number of carbonyl (C=O) groups excluding carboxylic acids is 1. The lowest BCUT2D eigenvalue weighted by atomic mass is 9.94. The molecule has 0 unspecified atom stereocenters. The molecule has 0 radical (unpaired) electrons. The average Bonchev–Trinajstić information content (AvgIpc) is 2.51. The van der Waals surface area contributed by atoms with Gasteiger partial charge < -0.3 is 4.74 Å². The van der Waals surface area contributed by atoms with E-state index in [1.807, 2.05) is 4.90 Å². The lowest BCUT2D eigenvalue weighted by Gasteiger charge is -2.44. The average molecular weight is 274 g/mol. The summed E-state index contributed by atoms with van der Waals surface area (Å²) in [6, 6.07) is 0. The van der Waals surface area contributed by atoms with Crippen LogP contribution in [0, 0.1) is 0 Å². The van der Waals surface area contributed by atoms with Gasteiger partial charge in [-0.1, -0.05) is 15.9 Å². The zero-order valence-corrected chi connectivity index (χ0v) is 10.7. The molecule has 84 valence electrons. The van der Waals surface area contributed by atoms with E-state index < -0.39 is 0 Å². The molecule has 2 saturated heterocycles. The summed E-state index contributed by atoms with van der Waals surface area (Å²) >= 11 is 3.64. The van der Waals surface area contributed by atoms with Crippen LogP contribution >= 0.6 is 15.9 Å². The molecule has 3 fully saturated rings. The first-order valence-electron chi connectivity index (χ1n) is 5.60. The van der Waals surface area contributed by atoms with Crippen LogP contribution in [-0.2, 0) is 4.74 Å². The summed E-state index contributed by atoms with van der Waals surface area (Å²) < 4.78 is 5.47. The van der Waals surface area contributed by atoms with Gasteiger partial charge in [-0.2, -0.15) is 0 Å². The Labute approximate surface area is 98.3 Å². The van der Waals surface area contributed by atoms with Crippen LogP contribution < -0.4 is 0 Å². The van der Waals surface area contributed by atoms with Crippen molar-refractivity contribution < 1.29 is 9.53 Å². The number of ether oxygens (including phenoxy) is 1. The SMILES string of the molecule is CC1(C)CC[C@]23C[C@H](OC(=O)N12)[C@@H](Br)C3. The van der Waals surface area contributed by atoms with Gasteiger partial charge in [0.25, 0.3) is 0 Å². The lowest BCUT2D eigenvalue weighted by molar-refractivity contribution is -0.0183. The van der Waals surface area contributed by atoms with Crippen LogP contribution in [0.25, 0.3) is 0 Å². The van der Waals surface area contributed by atoms with Crippen LogP contribution in [0.15, 0.2) is 0 Å². The molecule has 1 spiro atoms. The van der Waals surface area contributed by atoms with Gasteiger partial charge in [0.15, 0.2) is 0 Å². The van der Waals surface area contributed by atoms with E-state index in [-0.39, 0.29) is 23.3 Å². The normalized spacial score (nSPS) is 46.6. The monoisotopic (exact) mass is 273 g/mol. The Morgan fingerprint density at radius 3 is 2.87 bits per heavy atom. The van der Waals surface area contributed by atoms with Crippen molar-refractivity contribution in [2.24, 2.45) is 0 Å². The summed E-state index contributed by atoms with van der Waals surface area (Å²) in [5.74, 6) is 0. The van der Waals surface area contributed by atoms with Gasteiger partial charge in [0.2, 0.25) is 0 Å². The Kier molecular flexibility index (Phi) is 1.79. The number of alkyl halides is 1. The minimum Gasteiger partial charge on any atom is -0.445 e. The van der Waals surface area contributed by atoms with E-state index in [4.69, 9.17) is 4.74 Å². The Bertz CT molecular complexity index is 327. The Morgan fingerprint density at radius 2 is 2.13 bits per heavy atom. The quantitative estimate of drug-likeness (QED) is 0.635. The summed E-state index contributed by atoms with van der Waals surface area (Å²) in [4.78, 5) is 14.3. The first kappa shape index (κ1) is 9.94. The number of fused-ring (bicyclic) bond motifs is 1. The Morgan fingerprint density at radius 1 is 1.40 bits per heavy atom. The minimum atomic E-state index is -0.101. The zero-order chi connectivity index (χ0) is 10.8. The summed E-state index contributed by atoms with van der Waals surface area (Å²) in [5, 5.41) is 0. The molecule has 3 aliphatic rings. The number of amides is 1. The van der Waals surface area contributed by atoms with Crippen molar-refractivity contribution in [2.45, 2.75) is 61.5 Å². The molecular formula is C11H16BrNO2. The van der Waals surface area contributed by atoms with Crippen molar-refractivity contribution in [2.75, 3.05) is 0 Å². The summed E-state index contributed by atoms with van der Waals surface area (Å²) in [6.07, 6.45) is 4.28. The number of halogens is 1. The van der Waals surface area contributed by atoms with E-state index in [2.05, 4.69) is 29.8 Å². The van der Waals surface area contributed by atoms with E-state index in [1.165, 1.54) is 0 Å². The lowest BCUT2D eigenvalue weighted by Crippen LogP contribution is -2.56. The molecule has 0 N–H and O–H groups in total. The van der Waals surface area contributed by atoms with Crippen molar-refractivity contribution in [3.8, 4) is 0 Å². The zero-order valence-electron chi connectivity index (χ0n) is 9.12. The van der Waals surface area contributed by atoms with Gasteiger partial charge in [-0.15, -0.1) is 0 Å². The maximum atomic E-state index is 12.0. The van der Waals surface area contributed by atoms with E-state index in [1.54, 1.807) is 0 Å². The molecule has 15 heavy (non-hydrogen) atoms. The van der Waals surface area contributed by atoms with Crippen molar-refractivity contribution in [1.82, 2.24) is 4.90 Å². The molecule has 1 aliphatic carbocycles. The van der Waals surface area contributed by atoms with E-state index >= 15 is 0 Å².